The SMILES string of the molecule is Cc1ccc(S(=O)(=O)Nc2ccc3c(c2)CC(=O)N([C@@H](C)CO)C[C@H](C)[C@@H](CN(C)S(=O)(=O)c2ccccc2)O3)cc1. The molecule has 0 aliphatic carbocycles. The molecule has 3 aromatic carbocycles. The van der Waals surface area contributed by atoms with Crippen LogP contribution in [-0.4, -0.2) is 75.9 Å². The second-order valence-electron chi connectivity index (χ2n) is 10.7. The highest BCUT2D eigenvalue weighted by molar-refractivity contribution is 7.92. The molecule has 1 aliphatic heterocycles. The average Bonchev–Trinajstić information content (AvgIpc) is 3.00. The number of hydrogen-bond donors (Lipinski definition) is 2. The standard InChI is InChI=1S/C30H37N3O7S2/c1-21-10-13-26(14-11-21)41(36,37)31-25-12-15-28-24(16-25)17-30(35)33(23(3)20-34)18-22(2)29(40-28)19-32(4)42(38,39)27-8-6-5-7-9-27/h5-16,22-23,29,31,34H,17-20H2,1-4H3/t22-,23-,29+/m0/s1. The van der Waals surface area contributed by atoms with Crippen LogP contribution in [0.15, 0.2) is 82.6 Å². The van der Waals surface area contributed by atoms with Gasteiger partial charge in [-0.15, -0.1) is 0 Å². The Morgan fingerprint density at radius 2 is 1.69 bits per heavy atom. The number of amides is 1. The lowest BCUT2D eigenvalue weighted by Gasteiger charge is -2.33. The molecule has 0 fully saturated rings. The normalized spacial score (nSPS) is 18.8. The van der Waals surface area contributed by atoms with Crippen LogP contribution in [-0.2, 0) is 31.3 Å². The van der Waals surface area contributed by atoms with Gasteiger partial charge >= 0.3 is 0 Å². The Labute approximate surface area is 248 Å². The number of sulfonamides is 2. The van der Waals surface area contributed by atoms with E-state index in [2.05, 4.69) is 4.72 Å². The van der Waals surface area contributed by atoms with Crippen LogP contribution < -0.4 is 9.46 Å². The zero-order chi connectivity index (χ0) is 30.7. The fraction of sp³-hybridized carbons (Fsp3) is 0.367. The topological polar surface area (TPSA) is 133 Å². The van der Waals surface area contributed by atoms with Gasteiger partial charge in [-0.3, -0.25) is 9.52 Å². The first-order valence-corrected chi connectivity index (χ1v) is 16.5. The minimum absolute atomic E-state index is 0.00479. The van der Waals surface area contributed by atoms with Crippen LogP contribution in [0.5, 0.6) is 5.75 Å². The Hall–Kier alpha value is -3.45. The van der Waals surface area contributed by atoms with Crippen molar-refractivity contribution in [1.29, 1.82) is 0 Å². The number of anilines is 1. The largest absolute Gasteiger partial charge is 0.488 e. The molecule has 1 aliphatic rings. The van der Waals surface area contributed by atoms with Crippen molar-refractivity contribution in [3.63, 3.8) is 0 Å². The van der Waals surface area contributed by atoms with Crippen LogP contribution in [0, 0.1) is 12.8 Å². The van der Waals surface area contributed by atoms with Crippen molar-refractivity contribution in [2.75, 3.05) is 31.5 Å². The van der Waals surface area contributed by atoms with E-state index < -0.39 is 32.2 Å². The molecule has 2 N–H and O–H groups in total. The third-order valence-corrected chi connectivity index (χ3v) is 10.6. The first-order valence-electron chi connectivity index (χ1n) is 13.6. The molecular weight excluding hydrogens is 578 g/mol. The van der Waals surface area contributed by atoms with Crippen molar-refractivity contribution < 1.29 is 31.5 Å². The van der Waals surface area contributed by atoms with Crippen molar-refractivity contribution in [2.24, 2.45) is 5.92 Å². The molecule has 226 valence electrons. The molecule has 0 bridgehead atoms. The van der Waals surface area contributed by atoms with E-state index in [0.29, 0.717) is 11.3 Å². The van der Waals surface area contributed by atoms with E-state index in [1.54, 1.807) is 60.4 Å². The maximum absolute atomic E-state index is 13.5. The monoisotopic (exact) mass is 615 g/mol. The highest BCUT2D eigenvalue weighted by Gasteiger charge is 2.33. The van der Waals surface area contributed by atoms with Gasteiger partial charge in [0, 0.05) is 30.8 Å². The summed E-state index contributed by atoms with van der Waals surface area (Å²) in [6.45, 7) is 5.43. The molecule has 0 saturated carbocycles. The number of hydrogen-bond acceptors (Lipinski definition) is 7. The van der Waals surface area contributed by atoms with E-state index in [9.17, 15) is 26.7 Å². The molecule has 3 aromatic rings. The van der Waals surface area contributed by atoms with Gasteiger partial charge in [-0.05, 0) is 56.3 Å². The lowest BCUT2D eigenvalue weighted by molar-refractivity contribution is -0.134. The van der Waals surface area contributed by atoms with Crippen LogP contribution >= 0.6 is 0 Å². The molecule has 10 nitrogen and oxygen atoms in total. The maximum Gasteiger partial charge on any atom is 0.261 e. The average molecular weight is 616 g/mol. The minimum Gasteiger partial charge on any atom is -0.488 e. The minimum atomic E-state index is -3.89. The molecule has 1 amide bonds. The molecule has 0 unspecified atom stereocenters. The quantitative estimate of drug-likeness (QED) is 0.378. The lowest BCUT2D eigenvalue weighted by atomic mass is 10.0. The van der Waals surface area contributed by atoms with Gasteiger partial charge in [0.15, 0.2) is 0 Å². The van der Waals surface area contributed by atoms with Gasteiger partial charge < -0.3 is 14.7 Å². The third kappa shape index (κ3) is 7.12. The maximum atomic E-state index is 13.5. The zero-order valence-electron chi connectivity index (χ0n) is 24.1. The molecule has 0 spiro atoms. The second kappa shape index (κ2) is 12.8. The molecule has 42 heavy (non-hydrogen) atoms. The third-order valence-electron chi connectivity index (χ3n) is 7.39. The Balaban J connectivity index is 1.68. The van der Waals surface area contributed by atoms with Gasteiger partial charge in [0.2, 0.25) is 15.9 Å². The molecular formula is C30H37N3O7S2. The predicted octanol–water partition coefficient (Wildman–Crippen LogP) is 3.27. The van der Waals surface area contributed by atoms with Crippen LogP contribution in [0.4, 0.5) is 5.69 Å². The molecule has 0 aromatic heterocycles. The number of aryl methyl sites for hydroxylation is 1. The molecule has 0 saturated heterocycles. The van der Waals surface area contributed by atoms with E-state index >= 15 is 0 Å². The number of aliphatic hydroxyl groups excluding tert-OH is 1. The highest BCUT2D eigenvalue weighted by Crippen LogP contribution is 2.30. The summed E-state index contributed by atoms with van der Waals surface area (Å²) in [6, 6.07) is 18.7. The van der Waals surface area contributed by atoms with Gasteiger partial charge in [0.05, 0.1) is 35.4 Å². The molecule has 4 rings (SSSR count). The summed E-state index contributed by atoms with van der Waals surface area (Å²) in [5.74, 6) is -0.234. The number of benzene rings is 3. The number of nitrogens with zero attached hydrogens (tertiary/aromatic N) is 2. The Bertz CT molecular complexity index is 1610. The van der Waals surface area contributed by atoms with Crippen molar-refractivity contribution in [1.82, 2.24) is 9.21 Å². The second-order valence-corrected chi connectivity index (χ2v) is 14.5. The number of nitrogens with one attached hydrogen (secondary N) is 1. The molecule has 3 atom stereocenters. The Kier molecular flexibility index (Phi) is 9.61. The number of aliphatic hydroxyl groups is 1. The zero-order valence-corrected chi connectivity index (χ0v) is 25.7. The summed E-state index contributed by atoms with van der Waals surface area (Å²) in [5, 5.41) is 9.87. The number of ether oxygens (including phenoxy) is 1. The number of likely N-dealkylation sites (N-methyl/N-ethyl adjacent to an activating group) is 1. The first-order chi connectivity index (χ1) is 19.8. The van der Waals surface area contributed by atoms with Crippen LogP contribution in [0.1, 0.15) is 25.0 Å². The molecule has 1 heterocycles. The summed E-state index contributed by atoms with van der Waals surface area (Å²) in [5.41, 5.74) is 1.61. The van der Waals surface area contributed by atoms with Gasteiger partial charge in [0.1, 0.15) is 11.9 Å². The van der Waals surface area contributed by atoms with E-state index in [0.717, 1.165) is 5.56 Å². The summed E-state index contributed by atoms with van der Waals surface area (Å²) in [6.07, 6.45) is -0.765. The molecule has 0 radical (unpaired) electrons. The fourth-order valence-electron chi connectivity index (χ4n) is 4.77. The van der Waals surface area contributed by atoms with Crippen molar-refractivity contribution >= 4 is 31.6 Å². The van der Waals surface area contributed by atoms with Crippen molar-refractivity contribution in [3.05, 3.63) is 83.9 Å². The number of carbonyl (C=O) groups is 1. The van der Waals surface area contributed by atoms with Crippen LogP contribution in [0.25, 0.3) is 0 Å². The predicted molar refractivity (Wildman–Crippen MR) is 160 cm³/mol. The fourth-order valence-corrected chi connectivity index (χ4v) is 7.02. The smallest absolute Gasteiger partial charge is 0.261 e. The highest BCUT2D eigenvalue weighted by atomic mass is 32.2. The molecule has 12 heteroatoms. The Morgan fingerprint density at radius 1 is 1.02 bits per heavy atom. The van der Waals surface area contributed by atoms with Gasteiger partial charge in [-0.1, -0.05) is 42.8 Å². The van der Waals surface area contributed by atoms with Gasteiger partial charge in [-0.2, -0.15) is 4.31 Å². The van der Waals surface area contributed by atoms with Crippen LogP contribution in [0.3, 0.4) is 0 Å². The summed E-state index contributed by atoms with van der Waals surface area (Å²) >= 11 is 0. The number of fused-ring (bicyclic) bond motifs is 1. The van der Waals surface area contributed by atoms with E-state index in [-0.39, 0.29) is 53.4 Å². The van der Waals surface area contributed by atoms with Crippen molar-refractivity contribution in [3.8, 4) is 5.75 Å². The Morgan fingerprint density at radius 3 is 2.33 bits per heavy atom. The first kappa shape index (κ1) is 31.5. The van der Waals surface area contributed by atoms with E-state index in [4.69, 9.17) is 4.74 Å². The summed E-state index contributed by atoms with van der Waals surface area (Å²) in [4.78, 5) is 15.3. The summed E-state index contributed by atoms with van der Waals surface area (Å²) in [7, 11) is -6.23. The van der Waals surface area contributed by atoms with Gasteiger partial charge in [-0.25, -0.2) is 16.8 Å². The van der Waals surface area contributed by atoms with Gasteiger partial charge in [0.25, 0.3) is 10.0 Å². The lowest BCUT2D eigenvalue weighted by Crippen LogP contribution is -2.48. The van der Waals surface area contributed by atoms with Crippen molar-refractivity contribution in [2.45, 2.75) is 49.1 Å². The number of rotatable bonds is 9. The van der Waals surface area contributed by atoms with Crippen LogP contribution in [0.2, 0.25) is 0 Å². The van der Waals surface area contributed by atoms with E-state index in [1.807, 2.05) is 13.8 Å². The van der Waals surface area contributed by atoms with E-state index in [1.165, 1.54) is 35.6 Å². The number of carbonyl (C=O) groups excluding carboxylic acids is 1. The summed E-state index contributed by atoms with van der Waals surface area (Å²) < 4.78 is 62.8.